The Hall–Kier alpha value is -0.870. The van der Waals surface area contributed by atoms with E-state index >= 15 is 0 Å². The molecular formula is C14H19ClN2OS. The summed E-state index contributed by atoms with van der Waals surface area (Å²) in [7, 11) is 1.65. The van der Waals surface area contributed by atoms with Crippen LogP contribution in [0.1, 0.15) is 19.4 Å². The minimum atomic E-state index is 0.557. The lowest BCUT2D eigenvalue weighted by molar-refractivity contribution is 0.417. The number of hydrogen-bond donors (Lipinski definition) is 1. The molecule has 5 heteroatoms. The van der Waals surface area contributed by atoms with E-state index in [9.17, 15) is 0 Å². The smallest absolute Gasteiger partial charge is 0.161 e. The van der Waals surface area contributed by atoms with Gasteiger partial charge in [0.15, 0.2) is 5.17 Å². The largest absolute Gasteiger partial charge is 0.495 e. The second-order valence-corrected chi connectivity index (χ2v) is 6.61. The van der Waals surface area contributed by atoms with Gasteiger partial charge in [-0.05, 0) is 24.5 Å². The van der Waals surface area contributed by atoms with Gasteiger partial charge in [0.1, 0.15) is 5.75 Å². The molecule has 1 unspecified atom stereocenters. The fourth-order valence-electron chi connectivity index (χ4n) is 1.85. The van der Waals surface area contributed by atoms with Gasteiger partial charge >= 0.3 is 0 Å². The zero-order chi connectivity index (χ0) is 14.0. The summed E-state index contributed by atoms with van der Waals surface area (Å²) in [5.41, 5.74) is 1.94. The van der Waals surface area contributed by atoms with Gasteiger partial charge < -0.3 is 10.1 Å². The third-order valence-corrected chi connectivity index (χ3v) is 5.00. The number of benzene rings is 1. The summed E-state index contributed by atoms with van der Waals surface area (Å²) in [6, 6.07) is 3.83. The first-order valence-electron chi connectivity index (χ1n) is 6.33. The van der Waals surface area contributed by atoms with Crippen LogP contribution in [0.25, 0.3) is 0 Å². The molecule has 1 atom stereocenters. The van der Waals surface area contributed by atoms with Crippen LogP contribution in [0.5, 0.6) is 5.75 Å². The molecule has 0 spiro atoms. The number of halogens is 1. The molecule has 1 aromatic carbocycles. The quantitative estimate of drug-likeness (QED) is 0.908. The lowest BCUT2D eigenvalue weighted by atomic mass is 10.1. The molecular weight excluding hydrogens is 280 g/mol. The third-order valence-electron chi connectivity index (χ3n) is 3.14. The molecule has 1 N–H and O–H groups in total. The highest BCUT2D eigenvalue weighted by Gasteiger charge is 2.23. The van der Waals surface area contributed by atoms with Crippen molar-refractivity contribution in [2.24, 2.45) is 10.9 Å². The maximum absolute atomic E-state index is 6.10. The van der Waals surface area contributed by atoms with Crippen molar-refractivity contribution in [1.29, 1.82) is 0 Å². The topological polar surface area (TPSA) is 33.6 Å². The summed E-state index contributed by atoms with van der Waals surface area (Å²) in [5, 5.41) is 5.57. The number of rotatable bonds is 3. The molecule has 0 radical (unpaired) electrons. The number of hydrogen-bond acceptors (Lipinski definition) is 4. The van der Waals surface area contributed by atoms with Crippen molar-refractivity contribution in [3.8, 4) is 5.75 Å². The number of nitrogens with one attached hydrogen (secondary N) is 1. The first-order valence-corrected chi connectivity index (χ1v) is 7.59. The van der Waals surface area contributed by atoms with E-state index in [1.807, 2.05) is 19.1 Å². The number of methoxy groups -OCH3 is 1. The highest BCUT2D eigenvalue weighted by molar-refractivity contribution is 8.15. The van der Waals surface area contributed by atoms with E-state index < -0.39 is 0 Å². The molecule has 0 bridgehead atoms. The second kappa shape index (κ2) is 6.06. The molecule has 0 fully saturated rings. The van der Waals surface area contributed by atoms with Crippen LogP contribution in [0.15, 0.2) is 17.1 Å². The van der Waals surface area contributed by atoms with Gasteiger partial charge in [0.25, 0.3) is 0 Å². The summed E-state index contributed by atoms with van der Waals surface area (Å²) in [5.74, 6) is 1.37. The molecule has 0 aromatic heterocycles. The van der Waals surface area contributed by atoms with E-state index in [2.05, 4.69) is 24.2 Å². The van der Waals surface area contributed by atoms with E-state index in [4.69, 9.17) is 16.3 Å². The fourth-order valence-corrected chi connectivity index (χ4v) is 3.03. The molecule has 2 rings (SSSR count). The van der Waals surface area contributed by atoms with E-state index in [0.29, 0.717) is 16.2 Å². The van der Waals surface area contributed by atoms with Gasteiger partial charge in [-0.2, -0.15) is 0 Å². The van der Waals surface area contributed by atoms with E-state index in [0.717, 1.165) is 28.7 Å². The normalized spacial score (nSPS) is 18.6. The summed E-state index contributed by atoms with van der Waals surface area (Å²) in [4.78, 5) is 4.54. The van der Waals surface area contributed by atoms with Gasteiger partial charge in [0, 0.05) is 16.3 Å². The van der Waals surface area contributed by atoms with Gasteiger partial charge in [0.05, 0.1) is 19.3 Å². The number of thioether (sulfide) groups is 1. The van der Waals surface area contributed by atoms with Crippen LogP contribution in [0, 0.1) is 12.8 Å². The average molecular weight is 299 g/mol. The zero-order valence-electron chi connectivity index (χ0n) is 11.7. The Labute approximate surface area is 123 Å². The van der Waals surface area contributed by atoms with Crippen molar-refractivity contribution >= 4 is 34.2 Å². The van der Waals surface area contributed by atoms with Crippen molar-refractivity contribution in [1.82, 2.24) is 0 Å². The summed E-state index contributed by atoms with van der Waals surface area (Å²) >= 11 is 7.90. The maximum Gasteiger partial charge on any atom is 0.161 e. The number of anilines is 1. The number of aryl methyl sites for hydroxylation is 1. The van der Waals surface area contributed by atoms with Gasteiger partial charge in [-0.1, -0.05) is 37.2 Å². The Morgan fingerprint density at radius 2 is 2.21 bits per heavy atom. The van der Waals surface area contributed by atoms with Crippen LogP contribution >= 0.6 is 23.4 Å². The van der Waals surface area contributed by atoms with Crippen LogP contribution in [0.4, 0.5) is 5.69 Å². The molecule has 1 aromatic rings. The van der Waals surface area contributed by atoms with Crippen molar-refractivity contribution in [3.05, 3.63) is 22.7 Å². The lowest BCUT2D eigenvalue weighted by Gasteiger charge is -2.14. The highest BCUT2D eigenvalue weighted by Crippen LogP contribution is 2.34. The Morgan fingerprint density at radius 1 is 1.47 bits per heavy atom. The lowest BCUT2D eigenvalue weighted by Crippen LogP contribution is -2.13. The zero-order valence-corrected chi connectivity index (χ0v) is 13.2. The third kappa shape index (κ3) is 3.37. The van der Waals surface area contributed by atoms with Crippen LogP contribution < -0.4 is 10.1 Å². The first kappa shape index (κ1) is 14.5. The Morgan fingerprint density at radius 3 is 2.79 bits per heavy atom. The Bertz CT molecular complexity index is 502. The predicted molar refractivity (Wildman–Crippen MR) is 84.9 cm³/mol. The first-order chi connectivity index (χ1) is 9.01. The molecule has 0 saturated heterocycles. The number of nitrogens with zero attached hydrogens (tertiary/aromatic N) is 1. The molecule has 0 amide bonds. The molecule has 1 heterocycles. The highest BCUT2D eigenvalue weighted by atomic mass is 35.5. The van der Waals surface area contributed by atoms with Crippen molar-refractivity contribution in [2.75, 3.05) is 19.0 Å². The van der Waals surface area contributed by atoms with E-state index in [1.165, 1.54) is 0 Å². The molecule has 0 aliphatic carbocycles. The van der Waals surface area contributed by atoms with Crippen molar-refractivity contribution in [2.45, 2.75) is 26.0 Å². The number of amidine groups is 1. The van der Waals surface area contributed by atoms with Crippen LogP contribution in [-0.4, -0.2) is 24.1 Å². The SMILES string of the molecule is COc1cc(Cl)c(C)cc1NC1=NCC(C(C)C)S1. The van der Waals surface area contributed by atoms with Crippen LogP contribution in [0.3, 0.4) is 0 Å². The Kier molecular flexibility index (Phi) is 4.63. The molecule has 19 heavy (non-hydrogen) atoms. The number of ether oxygens (including phenoxy) is 1. The minimum Gasteiger partial charge on any atom is -0.495 e. The van der Waals surface area contributed by atoms with Crippen LogP contribution in [-0.2, 0) is 0 Å². The van der Waals surface area contributed by atoms with E-state index in [-0.39, 0.29) is 0 Å². The Balaban J connectivity index is 2.14. The fraction of sp³-hybridized carbons (Fsp3) is 0.500. The molecule has 1 aliphatic rings. The van der Waals surface area contributed by atoms with Crippen LogP contribution in [0.2, 0.25) is 5.02 Å². The summed E-state index contributed by atoms with van der Waals surface area (Å²) in [6.07, 6.45) is 0. The summed E-state index contributed by atoms with van der Waals surface area (Å²) in [6.45, 7) is 7.30. The standard InChI is InChI=1S/C14H19ClN2OS/c1-8(2)13-7-16-14(19-13)17-11-5-9(3)10(15)6-12(11)18-4/h5-6,8,13H,7H2,1-4H3,(H,16,17). The predicted octanol–water partition coefficient (Wildman–Crippen LogP) is 4.20. The van der Waals surface area contributed by atoms with Crippen molar-refractivity contribution < 1.29 is 4.74 Å². The van der Waals surface area contributed by atoms with Gasteiger partial charge in [-0.15, -0.1) is 0 Å². The average Bonchev–Trinajstić information content (AvgIpc) is 2.82. The molecule has 0 saturated carbocycles. The second-order valence-electron chi connectivity index (χ2n) is 4.97. The molecule has 104 valence electrons. The van der Waals surface area contributed by atoms with Gasteiger partial charge in [0.2, 0.25) is 0 Å². The van der Waals surface area contributed by atoms with Gasteiger partial charge in [-0.3, -0.25) is 4.99 Å². The molecule has 1 aliphatic heterocycles. The van der Waals surface area contributed by atoms with Crippen molar-refractivity contribution in [3.63, 3.8) is 0 Å². The van der Waals surface area contributed by atoms with E-state index in [1.54, 1.807) is 18.9 Å². The van der Waals surface area contributed by atoms with Gasteiger partial charge in [-0.25, -0.2) is 0 Å². The molecule has 3 nitrogen and oxygen atoms in total. The number of aliphatic imine (C=N–C) groups is 1. The maximum atomic E-state index is 6.10. The monoisotopic (exact) mass is 298 g/mol. The minimum absolute atomic E-state index is 0.557. The summed E-state index contributed by atoms with van der Waals surface area (Å²) < 4.78 is 5.35.